The zero-order valence-corrected chi connectivity index (χ0v) is 11.4. The fourth-order valence-electron chi connectivity index (χ4n) is 1.03. The van der Waals surface area contributed by atoms with Crippen molar-refractivity contribution in [3.05, 3.63) is 13.8 Å². The molecule has 1 saturated carbocycles. The van der Waals surface area contributed by atoms with E-state index in [9.17, 15) is 9.59 Å². The van der Waals surface area contributed by atoms with E-state index in [4.69, 9.17) is 10.2 Å². The van der Waals surface area contributed by atoms with Gasteiger partial charge in [-0.1, -0.05) is 19.3 Å². The van der Waals surface area contributed by atoms with E-state index in [2.05, 4.69) is 6.42 Å². The van der Waals surface area contributed by atoms with E-state index >= 15 is 0 Å². The van der Waals surface area contributed by atoms with E-state index < -0.39 is 18.4 Å². The average Bonchev–Trinajstić information content (AvgIpc) is 2.06. The van der Waals surface area contributed by atoms with Gasteiger partial charge in [-0.05, 0) is 0 Å². The van der Waals surface area contributed by atoms with Crippen molar-refractivity contribution in [1.29, 1.82) is 0 Å². The van der Waals surface area contributed by atoms with Gasteiger partial charge in [-0.2, -0.15) is 12.8 Å². The number of carbonyl (C=O) groups is 2. The molecule has 84 valence electrons. The molecule has 0 aromatic heterocycles. The quantitative estimate of drug-likeness (QED) is 0.439. The van der Waals surface area contributed by atoms with Crippen LogP contribution < -0.4 is 0 Å². The van der Waals surface area contributed by atoms with Crippen molar-refractivity contribution in [3.8, 4) is 0 Å². The molecule has 1 rings (SSSR count). The Morgan fingerprint density at radius 2 is 1.40 bits per heavy atom. The number of carboxylic acid groups (broad SMARTS) is 2. The van der Waals surface area contributed by atoms with Crippen LogP contribution in [0.25, 0.3) is 0 Å². The van der Waals surface area contributed by atoms with Gasteiger partial charge < -0.3 is 24.1 Å². The maximum absolute atomic E-state index is 9.43. The summed E-state index contributed by atoms with van der Waals surface area (Å²) in [5.41, 5.74) is 0. The molecular formula is C10H18CaO4. The van der Waals surface area contributed by atoms with Crippen LogP contribution in [0, 0.1) is 13.8 Å². The second-order valence-corrected chi connectivity index (χ2v) is 2.89. The Kier molecular flexibility index (Phi) is 19.5. The normalized spacial score (nSPS) is 13.3. The molecule has 0 aromatic rings. The summed E-state index contributed by atoms with van der Waals surface area (Å²) in [5.74, 6) is -2.62. The molecule has 0 bridgehead atoms. The number of aliphatic carboxylic acids is 2. The first-order valence-electron chi connectivity index (χ1n) is 4.38. The zero-order valence-electron chi connectivity index (χ0n) is 9.24. The van der Waals surface area contributed by atoms with Crippen LogP contribution in [-0.4, -0.2) is 59.9 Å². The average molecular weight is 242 g/mol. The first kappa shape index (κ1) is 20.6. The fourth-order valence-corrected chi connectivity index (χ4v) is 1.03. The van der Waals surface area contributed by atoms with Crippen molar-refractivity contribution < 1.29 is 19.8 Å². The van der Waals surface area contributed by atoms with Crippen LogP contribution in [0.4, 0.5) is 0 Å². The molecule has 1 aliphatic carbocycles. The van der Waals surface area contributed by atoms with Crippen LogP contribution in [-0.2, 0) is 9.59 Å². The molecule has 0 aromatic carbocycles. The maximum Gasteiger partial charge on any atom is 2.00 e. The van der Waals surface area contributed by atoms with E-state index in [-0.39, 0.29) is 45.2 Å². The van der Waals surface area contributed by atoms with E-state index in [1.807, 2.05) is 0 Å². The molecule has 0 unspecified atom stereocenters. The number of rotatable bonds is 2. The summed E-state index contributed by atoms with van der Waals surface area (Å²) in [6, 6.07) is 0. The Morgan fingerprint density at radius 1 is 1.00 bits per heavy atom. The molecule has 5 heteroatoms. The van der Waals surface area contributed by atoms with Gasteiger partial charge in [0, 0.05) is 0 Å². The molecule has 0 amide bonds. The minimum absolute atomic E-state index is 0. The molecular weight excluding hydrogens is 224 g/mol. The Morgan fingerprint density at radius 3 is 1.47 bits per heavy atom. The van der Waals surface area contributed by atoms with Crippen molar-refractivity contribution in [3.63, 3.8) is 0 Å². The summed E-state index contributed by atoms with van der Waals surface area (Å²) in [5, 5.41) is 15.4. The predicted molar refractivity (Wildman–Crippen MR) is 59.4 cm³/mol. The van der Waals surface area contributed by atoms with Crippen molar-refractivity contribution in [2.24, 2.45) is 0 Å². The number of hydrogen-bond donors (Lipinski definition) is 2. The van der Waals surface area contributed by atoms with E-state index in [0.717, 1.165) is 0 Å². The Labute approximate surface area is 121 Å². The SMILES string of the molecule is O=C(O)CC(=O)O.[CH-]1CCCCC1.[CH3-].[Ca+2]. The maximum atomic E-state index is 9.43. The van der Waals surface area contributed by atoms with Gasteiger partial charge in [-0.25, -0.2) is 0 Å². The molecule has 0 heterocycles. The van der Waals surface area contributed by atoms with Crippen molar-refractivity contribution in [2.45, 2.75) is 38.5 Å². The van der Waals surface area contributed by atoms with Crippen molar-refractivity contribution >= 4 is 49.7 Å². The standard InChI is InChI=1S/C6H11.C3H4O4.CH3.Ca/c1-2-4-6-5-3-1;4-2(5)1-3(6)7;;/h1H,2-6H2;1H2,(H,4,5)(H,6,7);1H3;/q-1;;-1;+2. The van der Waals surface area contributed by atoms with Gasteiger partial charge in [0.05, 0.1) is 0 Å². The first-order valence-corrected chi connectivity index (χ1v) is 4.38. The Balaban J connectivity index is -0.000000170. The van der Waals surface area contributed by atoms with Gasteiger partial charge in [0.2, 0.25) is 0 Å². The molecule has 1 aliphatic rings. The molecule has 0 atom stereocenters. The Bertz CT molecular complexity index is 143. The molecule has 2 N–H and O–H groups in total. The molecule has 15 heavy (non-hydrogen) atoms. The first-order chi connectivity index (χ1) is 6.13. The van der Waals surface area contributed by atoms with Crippen LogP contribution in [0.1, 0.15) is 38.5 Å². The van der Waals surface area contributed by atoms with Gasteiger partial charge in [0.25, 0.3) is 0 Å². The van der Waals surface area contributed by atoms with Crippen LogP contribution in [0.2, 0.25) is 0 Å². The molecule has 0 radical (unpaired) electrons. The van der Waals surface area contributed by atoms with Gasteiger partial charge in [-0.15, -0.1) is 0 Å². The van der Waals surface area contributed by atoms with Gasteiger partial charge in [0.15, 0.2) is 0 Å². The largest absolute Gasteiger partial charge is 2.00 e. The van der Waals surface area contributed by atoms with Crippen LogP contribution in [0.5, 0.6) is 0 Å². The summed E-state index contributed by atoms with van der Waals surface area (Å²) >= 11 is 0. The summed E-state index contributed by atoms with van der Waals surface area (Å²) in [7, 11) is 0. The minimum atomic E-state index is -1.31. The van der Waals surface area contributed by atoms with Gasteiger partial charge in [-0.3, -0.25) is 9.59 Å². The molecule has 0 aliphatic heterocycles. The minimum Gasteiger partial charge on any atom is -0.481 e. The predicted octanol–water partition coefficient (Wildman–Crippen LogP) is 1.77. The smallest absolute Gasteiger partial charge is 0.481 e. The van der Waals surface area contributed by atoms with Crippen molar-refractivity contribution in [1.82, 2.24) is 0 Å². The van der Waals surface area contributed by atoms with Crippen LogP contribution >= 0.6 is 0 Å². The van der Waals surface area contributed by atoms with Crippen LogP contribution in [0.3, 0.4) is 0 Å². The third kappa shape index (κ3) is 20.3. The topological polar surface area (TPSA) is 74.6 Å². The van der Waals surface area contributed by atoms with Gasteiger partial charge >= 0.3 is 49.7 Å². The number of carboxylic acids is 2. The summed E-state index contributed by atoms with van der Waals surface area (Å²) in [6.45, 7) is 0. The van der Waals surface area contributed by atoms with Crippen LogP contribution in [0.15, 0.2) is 0 Å². The fraction of sp³-hybridized carbons (Fsp3) is 0.600. The third-order valence-electron chi connectivity index (χ3n) is 1.62. The second-order valence-electron chi connectivity index (χ2n) is 2.89. The molecule has 1 fully saturated rings. The number of hydrogen-bond acceptors (Lipinski definition) is 2. The van der Waals surface area contributed by atoms with E-state index in [0.29, 0.717) is 0 Å². The molecule has 0 saturated heterocycles. The van der Waals surface area contributed by atoms with E-state index in [1.54, 1.807) is 0 Å². The second kappa shape index (κ2) is 14.2. The van der Waals surface area contributed by atoms with Gasteiger partial charge in [0.1, 0.15) is 6.42 Å². The summed E-state index contributed by atoms with van der Waals surface area (Å²) < 4.78 is 0. The third-order valence-corrected chi connectivity index (χ3v) is 1.62. The summed E-state index contributed by atoms with van der Waals surface area (Å²) in [6.07, 6.45) is 8.69. The molecule has 0 spiro atoms. The Hall–Kier alpha value is 0.200. The summed E-state index contributed by atoms with van der Waals surface area (Å²) in [4.78, 5) is 18.9. The van der Waals surface area contributed by atoms with Crippen molar-refractivity contribution in [2.75, 3.05) is 0 Å². The molecule has 4 nitrogen and oxygen atoms in total. The monoisotopic (exact) mass is 242 g/mol. The van der Waals surface area contributed by atoms with E-state index in [1.165, 1.54) is 32.1 Å². The zero-order chi connectivity index (χ0) is 10.1.